The van der Waals surface area contributed by atoms with Crippen LogP contribution in [0.1, 0.15) is 5.56 Å². The van der Waals surface area contributed by atoms with Gasteiger partial charge in [-0.2, -0.15) is 13.5 Å². The second kappa shape index (κ2) is 9.00. The summed E-state index contributed by atoms with van der Waals surface area (Å²) < 4.78 is 29.7. The first-order valence-electron chi connectivity index (χ1n) is 8.58. The van der Waals surface area contributed by atoms with E-state index in [4.69, 9.17) is 4.18 Å². The molecule has 3 aromatic rings. The molecule has 0 fully saturated rings. The highest BCUT2D eigenvalue weighted by Crippen LogP contribution is 2.29. The van der Waals surface area contributed by atoms with Crippen LogP contribution in [0.3, 0.4) is 0 Å². The van der Waals surface area contributed by atoms with Gasteiger partial charge in [0.15, 0.2) is 0 Å². The molecular formula is C19H14N4O7S. The quantitative estimate of drug-likeness (QED) is 0.240. The maximum atomic E-state index is 12.3. The maximum absolute atomic E-state index is 12.3. The molecule has 0 bridgehead atoms. The number of hydrogen-bond acceptors (Lipinski definition) is 9. The smallest absolute Gasteiger partial charge is 0.339 e. The first-order valence-corrected chi connectivity index (χ1v) is 9.98. The number of hydrogen-bond donors (Lipinski definition) is 1. The molecule has 0 aliphatic carbocycles. The third-order valence-corrected chi connectivity index (χ3v) is 5.14. The Bertz CT molecular complexity index is 1260. The summed E-state index contributed by atoms with van der Waals surface area (Å²) in [6.07, 6.45) is 1.28. The predicted molar refractivity (Wildman–Crippen MR) is 112 cm³/mol. The molecule has 0 aliphatic heterocycles. The van der Waals surface area contributed by atoms with Gasteiger partial charge >= 0.3 is 15.8 Å². The number of nitro groups is 2. The van der Waals surface area contributed by atoms with E-state index in [-0.39, 0.29) is 16.3 Å². The molecule has 0 amide bonds. The Labute approximate surface area is 176 Å². The van der Waals surface area contributed by atoms with Crippen LogP contribution >= 0.6 is 0 Å². The van der Waals surface area contributed by atoms with Crippen molar-refractivity contribution in [2.45, 2.75) is 4.90 Å². The Hall–Kier alpha value is -4.32. The Balaban J connectivity index is 1.76. The van der Waals surface area contributed by atoms with Crippen LogP contribution < -0.4 is 9.61 Å². The molecule has 3 rings (SSSR count). The second-order valence-corrected chi connectivity index (χ2v) is 7.55. The summed E-state index contributed by atoms with van der Waals surface area (Å²) in [5.41, 5.74) is 1.90. The van der Waals surface area contributed by atoms with E-state index in [0.29, 0.717) is 5.56 Å². The van der Waals surface area contributed by atoms with Crippen LogP contribution in [-0.4, -0.2) is 24.5 Å². The lowest BCUT2D eigenvalue weighted by molar-refractivity contribution is -0.393. The molecule has 0 saturated heterocycles. The standard InChI is InChI=1S/C19H14N4O7S/c24-22(25)15-9-10-18(19(12-15)23(26)27)21-20-13-14-5-4-6-16(11-14)30-31(28,29)17-7-2-1-3-8-17/h1-13,21H/b20-13-. The van der Waals surface area contributed by atoms with Crippen molar-refractivity contribution >= 4 is 33.4 Å². The van der Waals surface area contributed by atoms with E-state index in [2.05, 4.69) is 10.5 Å². The average molecular weight is 442 g/mol. The fourth-order valence-electron chi connectivity index (χ4n) is 2.46. The highest BCUT2D eigenvalue weighted by molar-refractivity contribution is 7.87. The molecule has 31 heavy (non-hydrogen) atoms. The van der Waals surface area contributed by atoms with Crippen LogP contribution in [-0.2, 0) is 10.1 Å². The van der Waals surface area contributed by atoms with Gasteiger partial charge in [-0.25, -0.2) is 0 Å². The van der Waals surface area contributed by atoms with Gasteiger partial charge in [-0.15, -0.1) is 0 Å². The van der Waals surface area contributed by atoms with Gasteiger partial charge in [-0.3, -0.25) is 25.7 Å². The number of nitrogens with zero attached hydrogens (tertiary/aromatic N) is 3. The summed E-state index contributed by atoms with van der Waals surface area (Å²) in [5, 5.41) is 25.8. The monoisotopic (exact) mass is 442 g/mol. The van der Waals surface area contributed by atoms with Crippen molar-refractivity contribution in [3.05, 3.63) is 98.6 Å². The Kier molecular flexibility index (Phi) is 6.21. The zero-order chi connectivity index (χ0) is 22.4. The molecule has 0 spiro atoms. The van der Waals surface area contributed by atoms with Crippen molar-refractivity contribution in [3.8, 4) is 5.75 Å². The summed E-state index contributed by atoms with van der Waals surface area (Å²) in [7, 11) is -4.01. The summed E-state index contributed by atoms with van der Waals surface area (Å²) >= 11 is 0. The number of non-ortho nitro benzene ring substituents is 1. The first kappa shape index (κ1) is 21.4. The molecule has 0 aliphatic rings. The molecule has 0 aromatic heterocycles. The molecule has 1 N–H and O–H groups in total. The first-order chi connectivity index (χ1) is 14.8. The lowest BCUT2D eigenvalue weighted by Crippen LogP contribution is -2.09. The third-order valence-electron chi connectivity index (χ3n) is 3.88. The van der Waals surface area contributed by atoms with Crippen molar-refractivity contribution in [2.75, 3.05) is 5.43 Å². The highest BCUT2D eigenvalue weighted by Gasteiger charge is 2.19. The van der Waals surface area contributed by atoms with Gasteiger partial charge < -0.3 is 4.18 Å². The van der Waals surface area contributed by atoms with Crippen molar-refractivity contribution in [1.82, 2.24) is 0 Å². The molecule has 0 atom stereocenters. The number of anilines is 1. The molecule has 11 nitrogen and oxygen atoms in total. The van der Waals surface area contributed by atoms with E-state index >= 15 is 0 Å². The van der Waals surface area contributed by atoms with Crippen LogP contribution in [0.5, 0.6) is 5.75 Å². The Morgan fingerprint density at radius 1 is 0.903 bits per heavy atom. The fraction of sp³-hybridized carbons (Fsp3) is 0. The van der Waals surface area contributed by atoms with Crippen molar-refractivity contribution in [2.24, 2.45) is 5.10 Å². The topological polar surface area (TPSA) is 154 Å². The van der Waals surface area contributed by atoms with Gasteiger partial charge in [0, 0.05) is 6.07 Å². The minimum atomic E-state index is -4.01. The normalized spacial score (nSPS) is 11.2. The van der Waals surface area contributed by atoms with E-state index in [1.807, 2.05) is 0 Å². The lowest BCUT2D eigenvalue weighted by Gasteiger charge is -2.07. The lowest BCUT2D eigenvalue weighted by atomic mass is 10.2. The zero-order valence-corrected chi connectivity index (χ0v) is 16.4. The van der Waals surface area contributed by atoms with Gasteiger partial charge in [-0.1, -0.05) is 30.3 Å². The van der Waals surface area contributed by atoms with E-state index < -0.39 is 31.3 Å². The largest absolute Gasteiger partial charge is 0.379 e. The third kappa shape index (κ3) is 5.39. The fourth-order valence-corrected chi connectivity index (χ4v) is 3.41. The van der Waals surface area contributed by atoms with Crippen molar-refractivity contribution in [1.29, 1.82) is 0 Å². The number of nitrogens with one attached hydrogen (secondary N) is 1. The predicted octanol–water partition coefficient (Wildman–Crippen LogP) is 3.72. The number of rotatable bonds is 8. The van der Waals surface area contributed by atoms with E-state index in [0.717, 1.165) is 12.1 Å². The van der Waals surface area contributed by atoms with Crippen LogP contribution in [0.2, 0.25) is 0 Å². The van der Waals surface area contributed by atoms with E-state index in [1.165, 1.54) is 36.5 Å². The SMILES string of the molecule is O=[N+]([O-])c1ccc(N/N=C\c2cccc(OS(=O)(=O)c3ccccc3)c2)c([N+](=O)[O-])c1. The minimum absolute atomic E-state index is 0.00113. The molecule has 0 heterocycles. The Morgan fingerprint density at radius 2 is 1.65 bits per heavy atom. The average Bonchev–Trinajstić information content (AvgIpc) is 2.74. The highest BCUT2D eigenvalue weighted by atomic mass is 32.2. The van der Waals surface area contributed by atoms with Crippen molar-refractivity contribution in [3.63, 3.8) is 0 Å². The van der Waals surface area contributed by atoms with Crippen molar-refractivity contribution < 1.29 is 22.4 Å². The number of benzene rings is 3. The summed E-state index contributed by atoms with van der Waals surface area (Å²) in [5.74, 6) is 0.0501. The zero-order valence-electron chi connectivity index (χ0n) is 15.6. The minimum Gasteiger partial charge on any atom is -0.379 e. The summed E-state index contributed by atoms with van der Waals surface area (Å²) in [4.78, 5) is 20.4. The molecule has 0 unspecified atom stereocenters. The maximum Gasteiger partial charge on any atom is 0.339 e. The van der Waals surface area contributed by atoms with Crippen LogP contribution in [0.15, 0.2) is 82.8 Å². The second-order valence-electron chi connectivity index (χ2n) is 6.01. The van der Waals surface area contributed by atoms with E-state index in [1.54, 1.807) is 30.3 Å². The van der Waals surface area contributed by atoms with Crippen LogP contribution in [0.4, 0.5) is 17.1 Å². The van der Waals surface area contributed by atoms with Gasteiger partial charge in [0.05, 0.1) is 22.1 Å². The molecule has 0 saturated carbocycles. The van der Waals surface area contributed by atoms with Crippen LogP contribution in [0.25, 0.3) is 0 Å². The molecule has 12 heteroatoms. The molecule has 0 radical (unpaired) electrons. The van der Waals surface area contributed by atoms with Gasteiger partial charge in [0.1, 0.15) is 16.3 Å². The van der Waals surface area contributed by atoms with Gasteiger partial charge in [-0.05, 0) is 35.9 Å². The molecule has 158 valence electrons. The van der Waals surface area contributed by atoms with Gasteiger partial charge in [0.2, 0.25) is 0 Å². The Morgan fingerprint density at radius 3 is 2.32 bits per heavy atom. The van der Waals surface area contributed by atoms with Gasteiger partial charge in [0.25, 0.3) is 5.69 Å². The number of nitro benzene ring substituents is 2. The molecule has 3 aromatic carbocycles. The van der Waals surface area contributed by atoms with E-state index in [9.17, 15) is 28.6 Å². The molecular weight excluding hydrogens is 428 g/mol. The summed E-state index contributed by atoms with van der Waals surface area (Å²) in [6.45, 7) is 0. The number of hydrazone groups is 1. The van der Waals surface area contributed by atoms with Crippen LogP contribution in [0, 0.1) is 20.2 Å². The summed E-state index contributed by atoms with van der Waals surface area (Å²) in [6, 6.07) is 16.7.